The van der Waals surface area contributed by atoms with E-state index in [1.165, 1.54) is 40.7 Å². The molecule has 0 aromatic heterocycles. The first-order chi connectivity index (χ1) is 45.4. The molecular formula is C84H103NO9. The predicted molar refractivity (Wildman–Crippen MR) is 361 cm³/mol. The van der Waals surface area contributed by atoms with Gasteiger partial charge in [0.15, 0.2) is 0 Å². The fourth-order valence-corrected chi connectivity index (χ4v) is 26.9. The number of aldehydes is 1. The van der Waals surface area contributed by atoms with Crippen molar-refractivity contribution in [3.05, 3.63) is 153 Å². The maximum atomic E-state index is 15.7. The second-order valence-corrected chi connectivity index (χ2v) is 34.5. The van der Waals surface area contributed by atoms with E-state index in [-0.39, 0.29) is 72.8 Å². The molecule has 4 aromatic carbocycles. The topological polar surface area (TPSA) is 177 Å². The van der Waals surface area contributed by atoms with Gasteiger partial charge < -0.3 is 45.5 Å². The molecule has 15 aliphatic rings. The molecule has 1 heterocycles. The van der Waals surface area contributed by atoms with E-state index in [0.29, 0.717) is 63.2 Å². The Labute approximate surface area is 557 Å². The number of aryl methyl sites for hydroxylation is 1. The zero-order chi connectivity index (χ0) is 64.4. The van der Waals surface area contributed by atoms with Crippen LogP contribution in [0.15, 0.2) is 109 Å². The number of rotatable bonds is 7. The normalized spacial score (nSPS) is 45.1. The minimum Gasteiger partial charge on any atom is -0.454 e. The number of aliphatic hydroxyl groups excluding tert-OH is 3. The molecule has 498 valence electrons. The zero-order valence-corrected chi connectivity index (χ0v) is 55.8. The highest BCUT2D eigenvalue weighted by atomic mass is 16.5. The summed E-state index contributed by atoms with van der Waals surface area (Å²) in [5.74, 6) is 5.64. The van der Waals surface area contributed by atoms with Gasteiger partial charge in [0.05, 0.1) is 29.8 Å². The van der Waals surface area contributed by atoms with E-state index in [4.69, 9.17) is 4.74 Å². The number of fused-ring (bicyclic) bond motifs is 3. The number of aliphatic hydroxyl groups is 6. The van der Waals surface area contributed by atoms with Crippen molar-refractivity contribution in [3.8, 4) is 11.8 Å². The molecule has 0 saturated heterocycles. The first kappa shape index (κ1) is 62.6. The van der Waals surface area contributed by atoms with Crippen molar-refractivity contribution in [2.45, 2.75) is 233 Å². The van der Waals surface area contributed by atoms with Crippen LogP contribution >= 0.6 is 0 Å². The number of carbonyl (C=O) groups excluding carboxylic acids is 2. The Balaban J connectivity index is 0.872. The molecule has 23 unspecified atom stereocenters. The molecule has 19 rings (SSSR count). The smallest absolute Gasteiger partial charge is 0.331 e. The number of hydrogen-bond acceptors (Lipinski definition) is 10. The van der Waals surface area contributed by atoms with E-state index in [1.54, 1.807) is 6.08 Å². The Kier molecular flexibility index (Phi) is 15.2. The number of hydrogen-bond donors (Lipinski definition) is 7. The van der Waals surface area contributed by atoms with E-state index in [2.05, 4.69) is 109 Å². The molecular weight excluding hydrogens is 1170 g/mol. The molecule has 0 radical (unpaired) electrons. The van der Waals surface area contributed by atoms with Crippen LogP contribution in [0.25, 0.3) is 0 Å². The molecule has 10 saturated carbocycles. The largest absolute Gasteiger partial charge is 0.454 e. The van der Waals surface area contributed by atoms with Crippen LogP contribution in [-0.4, -0.2) is 91.1 Å². The number of ether oxygens (including phenoxy) is 1. The second kappa shape index (κ2) is 22.8. The summed E-state index contributed by atoms with van der Waals surface area (Å²) in [7, 11) is 1.96. The summed E-state index contributed by atoms with van der Waals surface area (Å²) in [5.41, 5.74) is -0.282. The maximum absolute atomic E-state index is 15.7. The van der Waals surface area contributed by atoms with Gasteiger partial charge in [0.1, 0.15) is 23.6 Å². The average Bonchev–Trinajstić information content (AvgIpc) is 1.45. The van der Waals surface area contributed by atoms with Gasteiger partial charge in [0, 0.05) is 57.6 Å². The molecule has 10 fully saturated rings. The van der Waals surface area contributed by atoms with Crippen molar-refractivity contribution in [1.29, 1.82) is 0 Å². The lowest BCUT2D eigenvalue weighted by molar-refractivity contribution is -0.385. The maximum Gasteiger partial charge on any atom is 0.331 e. The first-order valence-corrected chi connectivity index (χ1v) is 37.5. The monoisotopic (exact) mass is 1270 g/mol. The minimum atomic E-state index is -2.29. The van der Waals surface area contributed by atoms with Gasteiger partial charge in [-0.2, -0.15) is 0 Å². The van der Waals surface area contributed by atoms with Gasteiger partial charge in [-0.15, -0.1) is 0 Å². The molecule has 10 nitrogen and oxygen atoms in total. The quantitative estimate of drug-likeness (QED) is 0.0535. The van der Waals surface area contributed by atoms with Crippen LogP contribution in [0.1, 0.15) is 199 Å². The van der Waals surface area contributed by atoms with Gasteiger partial charge in [-0.25, -0.2) is 4.79 Å². The molecule has 4 aromatic rings. The zero-order valence-electron chi connectivity index (χ0n) is 55.8. The standard InChI is InChI=1S/C84H103NO9/c1-51(58-15-6-7-16-58)60-23-24-68-75(89)78-32-26-54(44-78)22-21-53-13-8-19-63(37-53)79(33-27-57(45-79)35-52-11-4-3-5-12-52)64-20-9-14-55(38-64)36-56-25-30-77(43-56)31-28-59-17-10-18-61(47-86)65(59)41-70(85-2)66-39-62-46-82(91)80(48-77,73(62)67-42-72(88)94-74(66)67)34-29-71-81(49-78,50-87)83(68,92)69(40-60)76(90)84(71,82)93/h3-5,8-14,17-20,37-38,42,50-51,54,56-58,60,62,66,68-71,73-76,85-86,89-93H,6-7,15-16,21-27,29-30,32-36,39-41,43-49H2,1-2H3. The lowest BCUT2D eigenvalue weighted by Gasteiger charge is -2.75. The van der Waals surface area contributed by atoms with Crippen molar-refractivity contribution >= 4 is 12.3 Å². The van der Waals surface area contributed by atoms with Gasteiger partial charge in [-0.1, -0.05) is 135 Å². The molecule has 94 heavy (non-hydrogen) atoms. The average molecular weight is 1270 g/mol. The minimum absolute atomic E-state index is 0.0532. The summed E-state index contributed by atoms with van der Waals surface area (Å²) in [4.78, 5) is 30.1. The Hall–Kier alpha value is -4.96. The summed E-state index contributed by atoms with van der Waals surface area (Å²) in [6.45, 7) is 2.22. The summed E-state index contributed by atoms with van der Waals surface area (Å²) < 4.78 is 6.61. The van der Waals surface area contributed by atoms with E-state index in [9.17, 15) is 25.2 Å². The van der Waals surface area contributed by atoms with Crippen molar-refractivity contribution in [2.24, 2.45) is 92.7 Å². The lowest BCUT2D eigenvalue weighted by atomic mass is 9.32. The second-order valence-electron chi connectivity index (χ2n) is 34.5. The number of carbonyl (C=O) groups is 2. The highest BCUT2D eigenvalue weighted by molar-refractivity contribution is 5.86. The van der Waals surface area contributed by atoms with Gasteiger partial charge in [-0.3, -0.25) is 0 Å². The third-order valence-corrected chi connectivity index (χ3v) is 30.8. The number of likely N-dealkylation sites (N-methyl/N-ethyl adjacent to an activating group) is 1. The van der Waals surface area contributed by atoms with E-state index in [0.717, 1.165) is 118 Å². The van der Waals surface area contributed by atoms with E-state index >= 15 is 15.0 Å². The Morgan fingerprint density at radius 3 is 2.28 bits per heavy atom. The third kappa shape index (κ3) is 8.97. The number of nitrogens with one attached hydrogen (secondary N) is 1. The van der Waals surface area contributed by atoms with E-state index < -0.39 is 86.4 Å². The van der Waals surface area contributed by atoms with Gasteiger partial charge in [-0.05, 0) is 258 Å². The van der Waals surface area contributed by atoms with Gasteiger partial charge in [0.2, 0.25) is 0 Å². The van der Waals surface area contributed by atoms with Crippen LogP contribution in [0.4, 0.5) is 0 Å². The van der Waals surface area contributed by atoms with Gasteiger partial charge in [0.25, 0.3) is 0 Å². The lowest BCUT2D eigenvalue weighted by Crippen LogP contribution is -2.86. The third-order valence-electron chi connectivity index (χ3n) is 30.8. The molecule has 14 aliphatic carbocycles. The Morgan fingerprint density at radius 2 is 1.49 bits per heavy atom. The van der Waals surface area contributed by atoms with Crippen molar-refractivity contribution in [3.63, 3.8) is 0 Å². The highest BCUT2D eigenvalue weighted by Gasteiger charge is 2.87. The van der Waals surface area contributed by atoms with Crippen LogP contribution in [0.3, 0.4) is 0 Å². The molecule has 7 N–H and O–H groups in total. The van der Waals surface area contributed by atoms with E-state index in [1.807, 2.05) is 19.2 Å². The fraction of sp³-hybridized carbons (Fsp3) is 0.643. The summed E-state index contributed by atoms with van der Waals surface area (Å²) >= 11 is 0. The first-order valence-electron chi connectivity index (χ1n) is 37.5. The van der Waals surface area contributed by atoms with Crippen LogP contribution in [0.2, 0.25) is 0 Å². The Morgan fingerprint density at radius 1 is 0.713 bits per heavy atom. The summed E-state index contributed by atoms with van der Waals surface area (Å²) in [6.07, 6.45) is 20.0. The van der Waals surface area contributed by atoms with Crippen molar-refractivity contribution < 1.29 is 45.0 Å². The van der Waals surface area contributed by atoms with Crippen LogP contribution in [-0.2, 0) is 52.0 Å². The van der Waals surface area contributed by atoms with Crippen molar-refractivity contribution in [2.75, 3.05) is 7.05 Å². The predicted octanol–water partition coefficient (Wildman–Crippen LogP) is 12.4. The molecule has 23 atom stereocenters. The van der Waals surface area contributed by atoms with Crippen LogP contribution < -0.4 is 5.32 Å². The molecule has 1 aliphatic heterocycles. The highest BCUT2D eigenvalue weighted by Crippen LogP contribution is 2.80. The van der Waals surface area contributed by atoms with Gasteiger partial charge >= 0.3 is 5.97 Å². The van der Waals surface area contributed by atoms with Crippen LogP contribution in [0.5, 0.6) is 0 Å². The number of esters is 1. The fourth-order valence-electron chi connectivity index (χ4n) is 26.9. The molecule has 0 amide bonds. The molecule has 15 bridgehead atoms. The molecule has 4 spiro atoms. The number of benzene rings is 4. The summed E-state index contributed by atoms with van der Waals surface area (Å²) in [6, 6.07) is 36.0. The summed E-state index contributed by atoms with van der Waals surface area (Å²) in [5, 5.41) is 88.8. The SMILES string of the molecule is CNC1Cc2c(cccc2CO)C#CC23CCC(Cc4cccc(c4)C4(CCC(Cc5ccccc5)C4)c4cccc(c4)CCC4CCC5(C4)CC4(C=O)C6CCC7(C2)C2C8=CC(=O)OC8C1CC2CC7(O)C6(O)C(O)C1CC(C(C)C2CCCC2)CCC(C5O)C14O)C3. The Bertz CT molecular complexity index is 3720. The molecule has 10 heteroatoms. The van der Waals surface area contributed by atoms with Crippen molar-refractivity contribution in [1.82, 2.24) is 5.32 Å². The van der Waals surface area contributed by atoms with Crippen LogP contribution in [0, 0.1) is 105 Å².